The summed E-state index contributed by atoms with van der Waals surface area (Å²) in [5, 5.41) is 0. The zero-order chi connectivity index (χ0) is 13.3. The molecule has 0 bridgehead atoms. The highest BCUT2D eigenvalue weighted by molar-refractivity contribution is 6.04. The largest absolute Gasteiger partial charge is 0.354 e. The number of carbonyl (C=O) groups excluding carboxylic acids is 2. The first kappa shape index (κ1) is 12.9. The zero-order valence-electron chi connectivity index (χ0n) is 11.3. The number of nitrogens with one attached hydrogen (secondary N) is 1. The first-order valence-electron chi connectivity index (χ1n) is 6.64. The number of fused-ring (bicyclic) bond motifs is 1. The molecule has 1 aliphatic rings. The Labute approximate surface area is 107 Å². The lowest BCUT2D eigenvalue weighted by atomic mass is 9.94. The molecular formula is C14H20N2O2. The van der Waals surface area contributed by atoms with E-state index >= 15 is 0 Å². The van der Waals surface area contributed by atoms with Gasteiger partial charge in [-0.2, -0.15) is 0 Å². The summed E-state index contributed by atoms with van der Waals surface area (Å²) in [6, 6.07) is 0. The summed E-state index contributed by atoms with van der Waals surface area (Å²) in [4.78, 5) is 29.2. The van der Waals surface area contributed by atoms with Crippen molar-refractivity contribution in [1.82, 2.24) is 9.88 Å². The fourth-order valence-electron chi connectivity index (χ4n) is 2.66. The molecule has 1 heterocycles. The first-order chi connectivity index (χ1) is 8.60. The lowest BCUT2D eigenvalue weighted by Crippen LogP contribution is -2.31. The molecule has 0 spiro atoms. The van der Waals surface area contributed by atoms with Crippen LogP contribution in [0.15, 0.2) is 0 Å². The summed E-state index contributed by atoms with van der Waals surface area (Å²) in [7, 11) is 0. The van der Waals surface area contributed by atoms with Crippen LogP contribution in [0.4, 0.5) is 0 Å². The van der Waals surface area contributed by atoms with Crippen LogP contribution in [0.5, 0.6) is 0 Å². The molecule has 0 atom stereocenters. The molecule has 1 amide bonds. The molecule has 0 unspecified atom stereocenters. The van der Waals surface area contributed by atoms with Gasteiger partial charge in [-0.15, -0.1) is 0 Å². The molecule has 0 radical (unpaired) electrons. The van der Waals surface area contributed by atoms with Gasteiger partial charge in [0.2, 0.25) is 0 Å². The fourth-order valence-corrected chi connectivity index (χ4v) is 2.66. The van der Waals surface area contributed by atoms with Gasteiger partial charge in [-0.1, -0.05) is 0 Å². The molecule has 0 saturated carbocycles. The number of rotatable bonds is 3. The average Bonchev–Trinajstić information content (AvgIpc) is 2.69. The van der Waals surface area contributed by atoms with E-state index < -0.39 is 0 Å². The van der Waals surface area contributed by atoms with E-state index in [1.54, 1.807) is 4.90 Å². The molecule has 0 saturated heterocycles. The van der Waals surface area contributed by atoms with Crippen LogP contribution in [0.3, 0.4) is 0 Å². The lowest BCUT2D eigenvalue weighted by molar-refractivity contribution is 0.0767. The number of aromatic nitrogens is 1. The Bertz CT molecular complexity index is 484. The number of H-pyrrole nitrogens is 1. The number of carbonyl (C=O) groups is 2. The molecular weight excluding hydrogens is 228 g/mol. The van der Waals surface area contributed by atoms with Crippen LogP contribution in [0, 0.1) is 6.92 Å². The van der Waals surface area contributed by atoms with Gasteiger partial charge in [-0.25, -0.2) is 0 Å². The summed E-state index contributed by atoms with van der Waals surface area (Å²) in [5.74, 6) is 0.170. The van der Waals surface area contributed by atoms with Crippen molar-refractivity contribution in [3.8, 4) is 0 Å². The van der Waals surface area contributed by atoms with Gasteiger partial charge in [0.05, 0.1) is 0 Å². The van der Waals surface area contributed by atoms with Crippen molar-refractivity contribution in [3.63, 3.8) is 0 Å². The molecule has 18 heavy (non-hydrogen) atoms. The van der Waals surface area contributed by atoms with Gasteiger partial charge in [0, 0.05) is 30.8 Å². The number of amides is 1. The van der Waals surface area contributed by atoms with Crippen molar-refractivity contribution < 1.29 is 9.59 Å². The van der Waals surface area contributed by atoms with E-state index in [0.29, 0.717) is 25.2 Å². The number of aromatic amines is 1. The minimum atomic E-state index is -0.000278. The van der Waals surface area contributed by atoms with Gasteiger partial charge < -0.3 is 9.88 Å². The van der Waals surface area contributed by atoms with Gasteiger partial charge in [0.1, 0.15) is 5.69 Å². The van der Waals surface area contributed by atoms with E-state index in [9.17, 15) is 9.59 Å². The summed E-state index contributed by atoms with van der Waals surface area (Å²) in [5.41, 5.74) is 3.13. The predicted molar refractivity (Wildman–Crippen MR) is 70.0 cm³/mol. The standard InChI is InChI=1S/C14H20N2O2/c1-4-16(5-2)14(18)13-9(3)12-10(15-13)7-6-8-11(12)17/h15H,4-8H2,1-3H3. The molecule has 4 nitrogen and oxygen atoms in total. The number of ketones is 1. The Morgan fingerprint density at radius 3 is 2.50 bits per heavy atom. The second kappa shape index (κ2) is 4.96. The highest BCUT2D eigenvalue weighted by Crippen LogP contribution is 2.27. The van der Waals surface area contributed by atoms with E-state index in [1.807, 2.05) is 20.8 Å². The molecule has 1 aromatic heterocycles. The van der Waals surface area contributed by atoms with Crippen LogP contribution in [-0.4, -0.2) is 34.7 Å². The molecule has 2 rings (SSSR count). The topological polar surface area (TPSA) is 53.2 Å². The maximum absolute atomic E-state index is 12.3. The normalized spacial score (nSPS) is 14.5. The van der Waals surface area contributed by atoms with E-state index in [4.69, 9.17) is 0 Å². The summed E-state index contributed by atoms with van der Waals surface area (Å²) in [6.45, 7) is 7.17. The van der Waals surface area contributed by atoms with Crippen LogP contribution >= 0.6 is 0 Å². The van der Waals surface area contributed by atoms with Crippen LogP contribution in [0.2, 0.25) is 0 Å². The number of aryl methyl sites for hydroxylation is 1. The smallest absolute Gasteiger partial charge is 0.270 e. The van der Waals surface area contributed by atoms with Crippen molar-refractivity contribution in [2.45, 2.75) is 40.0 Å². The van der Waals surface area contributed by atoms with E-state index in [-0.39, 0.29) is 11.7 Å². The van der Waals surface area contributed by atoms with Crippen molar-refractivity contribution in [2.75, 3.05) is 13.1 Å². The van der Waals surface area contributed by atoms with E-state index in [2.05, 4.69) is 4.98 Å². The highest BCUT2D eigenvalue weighted by Gasteiger charge is 2.27. The molecule has 0 fully saturated rings. The third kappa shape index (κ3) is 1.96. The molecule has 0 aromatic carbocycles. The van der Waals surface area contributed by atoms with Crippen molar-refractivity contribution in [3.05, 3.63) is 22.5 Å². The number of nitrogens with zero attached hydrogens (tertiary/aromatic N) is 1. The van der Waals surface area contributed by atoms with Crippen LogP contribution in [0.1, 0.15) is 58.8 Å². The summed E-state index contributed by atoms with van der Waals surface area (Å²) >= 11 is 0. The van der Waals surface area contributed by atoms with Gasteiger partial charge >= 0.3 is 0 Å². The van der Waals surface area contributed by atoms with Gasteiger partial charge in [0.15, 0.2) is 5.78 Å². The minimum Gasteiger partial charge on any atom is -0.354 e. The molecule has 0 aliphatic heterocycles. The van der Waals surface area contributed by atoms with Crippen molar-refractivity contribution in [1.29, 1.82) is 0 Å². The van der Waals surface area contributed by atoms with Crippen LogP contribution in [-0.2, 0) is 6.42 Å². The quantitative estimate of drug-likeness (QED) is 0.892. The predicted octanol–water partition coefficient (Wildman–Crippen LogP) is 2.32. The Morgan fingerprint density at radius 2 is 1.94 bits per heavy atom. The second-order valence-electron chi connectivity index (χ2n) is 4.73. The number of hydrogen-bond acceptors (Lipinski definition) is 2. The minimum absolute atomic E-state index is 0.000278. The fraction of sp³-hybridized carbons (Fsp3) is 0.571. The summed E-state index contributed by atoms with van der Waals surface area (Å²) in [6.07, 6.45) is 2.35. The van der Waals surface area contributed by atoms with Crippen molar-refractivity contribution in [2.24, 2.45) is 0 Å². The Balaban J connectivity index is 2.41. The first-order valence-corrected chi connectivity index (χ1v) is 6.64. The highest BCUT2D eigenvalue weighted by atomic mass is 16.2. The number of hydrogen-bond donors (Lipinski definition) is 1. The monoisotopic (exact) mass is 248 g/mol. The SMILES string of the molecule is CCN(CC)C(=O)c1[nH]c2c(c1C)C(=O)CCC2. The van der Waals surface area contributed by atoms with Crippen LogP contribution < -0.4 is 0 Å². The van der Waals surface area contributed by atoms with Gasteiger partial charge in [-0.05, 0) is 39.2 Å². The third-order valence-electron chi connectivity index (χ3n) is 3.70. The van der Waals surface area contributed by atoms with Gasteiger partial charge in [-0.3, -0.25) is 9.59 Å². The maximum Gasteiger partial charge on any atom is 0.270 e. The Morgan fingerprint density at radius 1 is 1.28 bits per heavy atom. The Kier molecular flexibility index (Phi) is 3.55. The maximum atomic E-state index is 12.3. The lowest BCUT2D eigenvalue weighted by Gasteiger charge is -2.18. The molecule has 1 N–H and O–H groups in total. The zero-order valence-corrected chi connectivity index (χ0v) is 11.3. The van der Waals surface area contributed by atoms with E-state index in [1.165, 1.54) is 0 Å². The molecule has 1 aliphatic carbocycles. The third-order valence-corrected chi connectivity index (χ3v) is 3.70. The molecule has 1 aromatic rings. The van der Waals surface area contributed by atoms with Crippen molar-refractivity contribution >= 4 is 11.7 Å². The summed E-state index contributed by atoms with van der Waals surface area (Å²) < 4.78 is 0. The van der Waals surface area contributed by atoms with Gasteiger partial charge in [0.25, 0.3) is 5.91 Å². The molecule has 4 heteroatoms. The Hall–Kier alpha value is -1.58. The number of Topliss-reactive ketones (excluding diaryl/α,β-unsaturated/α-hetero) is 1. The molecule has 98 valence electrons. The van der Waals surface area contributed by atoms with E-state index in [0.717, 1.165) is 29.7 Å². The second-order valence-corrected chi connectivity index (χ2v) is 4.73. The van der Waals surface area contributed by atoms with Crippen LogP contribution in [0.25, 0.3) is 0 Å². The average molecular weight is 248 g/mol.